The third-order valence-corrected chi connectivity index (χ3v) is 8.47. The fourth-order valence-corrected chi connectivity index (χ4v) is 6.43. The number of imidazole rings is 1. The number of hydrogen-bond acceptors (Lipinski definition) is 6. The number of hydrogen-bond donors (Lipinski definition) is 0. The SMILES string of the molecule is O=C1CCCN1C1CCC(CCCc2nc(N3CCOCC3)cc(-n3c(C(F)F)nc4ccccc43)n2)CC1. The molecule has 0 unspecified atom stereocenters. The molecule has 0 radical (unpaired) electrons. The predicted octanol–water partition coefficient (Wildman–Crippen LogP) is 5.09. The summed E-state index contributed by atoms with van der Waals surface area (Å²) in [5, 5.41) is 0. The fourth-order valence-electron chi connectivity index (χ4n) is 6.43. The molecule has 208 valence electrons. The monoisotopic (exact) mass is 538 g/mol. The van der Waals surface area contributed by atoms with Gasteiger partial charge in [0.1, 0.15) is 17.5 Å². The van der Waals surface area contributed by atoms with Crippen molar-refractivity contribution in [1.29, 1.82) is 0 Å². The second-order valence-corrected chi connectivity index (χ2v) is 11.0. The first-order valence-electron chi connectivity index (χ1n) is 14.3. The van der Waals surface area contributed by atoms with Gasteiger partial charge in [-0.2, -0.15) is 0 Å². The molecule has 2 aromatic heterocycles. The van der Waals surface area contributed by atoms with Crippen molar-refractivity contribution in [3.63, 3.8) is 0 Å². The molecular formula is C29H36F2N6O2. The molecular weight excluding hydrogens is 502 g/mol. The van der Waals surface area contributed by atoms with E-state index < -0.39 is 6.43 Å². The molecule has 2 aliphatic heterocycles. The van der Waals surface area contributed by atoms with E-state index in [0.717, 1.165) is 57.3 Å². The van der Waals surface area contributed by atoms with Crippen molar-refractivity contribution in [2.75, 3.05) is 37.7 Å². The van der Waals surface area contributed by atoms with Crippen LogP contribution in [0.4, 0.5) is 14.6 Å². The van der Waals surface area contributed by atoms with Crippen LogP contribution in [0.1, 0.15) is 69.4 Å². The number of aromatic nitrogens is 4. The molecule has 8 nitrogen and oxygen atoms in total. The summed E-state index contributed by atoms with van der Waals surface area (Å²) in [4.78, 5) is 30.3. The largest absolute Gasteiger partial charge is 0.378 e. The third-order valence-electron chi connectivity index (χ3n) is 8.47. The smallest absolute Gasteiger partial charge is 0.296 e. The molecule has 1 aromatic carbocycles. The molecule has 39 heavy (non-hydrogen) atoms. The standard InChI is InChI=1S/C29H36F2N6O2/c30-28(31)29-32-22-6-1-2-7-23(22)37(29)26-19-25(35-15-17-39-18-16-35)33-24(34-26)8-3-5-20-10-12-21(13-11-20)36-14-4-9-27(36)38/h1-2,6-7,19-21,28H,3-5,8-18H2. The summed E-state index contributed by atoms with van der Waals surface area (Å²) in [6.45, 7) is 3.54. The van der Waals surface area contributed by atoms with Gasteiger partial charge < -0.3 is 14.5 Å². The van der Waals surface area contributed by atoms with E-state index in [0.29, 0.717) is 79.7 Å². The molecule has 0 atom stereocenters. The van der Waals surface area contributed by atoms with Gasteiger partial charge in [0.05, 0.1) is 24.2 Å². The molecule has 0 spiro atoms. The lowest BCUT2D eigenvalue weighted by Gasteiger charge is -2.34. The average molecular weight is 539 g/mol. The molecule has 1 aliphatic carbocycles. The van der Waals surface area contributed by atoms with Crippen molar-refractivity contribution < 1.29 is 18.3 Å². The summed E-state index contributed by atoms with van der Waals surface area (Å²) >= 11 is 0. The second-order valence-electron chi connectivity index (χ2n) is 11.0. The van der Waals surface area contributed by atoms with Crippen molar-refractivity contribution >= 4 is 22.8 Å². The van der Waals surface area contributed by atoms with Crippen LogP contribution in [0.5, 0.6) is 0 Å². The lowest BCUT2D eigenvalue weighted by atomic mass is 9.82. The summed E-state index contributed by atoms with van der Waals surface area (Å²) < 4.78 is 35.2. The van der Waals surface area contributed by atoms with Crippen LogP contribution >= 0.6 is 0 Å². The molecule has 0 N–H and O–H groups in total. The number of nitrogens with zero attached hydrogens (tertiary/aromatic N) is 6. The number of amides is 1. The van der Waals surface area contributed by atoms with Crippen LogP contribution in [-0.4, -0.2) is 69.2 Å². The van der Waals surface area contributed by atoms with Gasteiger partial charge in [-0.25, -0.2) is 23.7 Å². The van der Waals surface area contributed by atoms with Crippen molar-refractivity contribution in [3.05, 3.63) is 42.0 Å². The van der Waals surface area contributed by atoms with E-state index in [1.54, 1.807) is 24.3 Å². The number of anilines is 1. The van der Waals surface area contributed by atoms with Crippen LogP contribution in [0.25, 0.3) is 16.9 Å². The normalized spacial score (nSPS) is 22.4. The zero-order valence-corrected chi connectivity index (χ0v) is 22.3. The number of carbonyl (C=O) groups is 1. The van der Waals surface area contributed by atoms with Gasteiger partial charge in [0.15, 0.2) is 5.82 Å². The maximum atomic E-state index is 14.1. The molecule has 6 rings (SSSR count). The van der Waals surface area contributed by atoms with Crippen molar-refractivity contribution in [2.24, 2.45) is 5.92 Å². The molecule has 0 bridgehead atoms. The van der Waals surface area contributed by atoms with E-state index in [1.807, 2.05) is 6.07 Å². The minimum Gasteiger partial charge on any atom is -0.378 e. The lowest BCUT2D eigenvalue weighted by Crippen LogP contribution is -2.38. The van der Waals surface area contributed by atoms with Gasteiger partial charge in [-0.1, -0.05) is 18.6 Å². The van der Waals surface area contributed by atoms with Crippen molar-refractivity contribution in [3.8, 4) is 5.82 Å². The van der Waals surface area contributed by atoms with Crippen LogP contribution in [0.3, 0.4) is 0 Å². The maximum Gasteiger partial charge on any atom is 0.296 e. The Morgan fingerprint density at radius 3 is 2.49 bits per heavy atom. The van der Waals surface area contributed by atoms with Crippen molar-refractivity contribution in [1.82, 2.24) is 24.4 Å². The summed E-state index contributed by atoms with van der Waals surface area (Å²) in [5.74, 6) is 2.51. The molecule has 1 amide bonds. The van der Waals surface area contributed by atoms with E-state index in [1.165, 1.54) is 4.57 Å². The Kier molecular flexibility index (Phi) is 7.72. The van der Waals surface area contributed by atoms with Crippen LogP contribution in [0.2, 0.25) is 0 Å². The topological polar surface area (TPSA) is 76.4 Å². The third kappa shape index (κ3) is 5.62. The first-order chi connectivity index (χ1) is 19.1. The Morgan fingerprint density at radius 2 is 1.74 bits per heavy atom. The number of halogens is 2. The summed E-state index contributed by atoms with van der Waals surface area (Å²) in [6, 6.07) is 9.40. The van der Waals surface area contributed by atoms with Gasteiger partial charge in [-0.05, 0) is 56.6 Å². The van der Waals surface area contributed by atoms with Gasteiger partial charge in [0.25, 0.3) is 6.43 Å². The number of likely N-dealkylation sites (tertiary alicyclic amines) is 1. The van der Waals surface area contributed by atoms with Crippen LogP contribution < -0.4 is 4.90 Å². The molecule has 10 heteroatoms. The number of para-hydroxylation sites is 2. The van der Waals surface area contributed by atoms with Gasteiger partial charge in [0, 0.05) is 44.6 Å². The summed E-state index contributed by atoms with van der Waals surface area (Å²) in [6.07, 6.45) is 6.16. The minimum absolute atomic E-state index is 0.304. The number of rotatable bonds is 8. The molecule has 3 aliphatic rings. The molecule has 1 saturated carbocycles. The highest BCUT2D eigenvalue weighted by Crippen LogP contribution is 2.33. The Bertz CT molecular complexity index is 1300. The molecule has 2 saturated heterocycles. The van der Waals surface area contributed by atoms with Crippen LogP contribution in [0, 0.1) is 5.92 Å². The molecule has 4 heterocycles. The number of alkyl halides is 2. The Balaban J connectivity index is 1.19. The molecule has 3 aromatic rings. The van der Waals surface area contributed by atoms with Crippen LogP contribution in [0.15, 0.2) is 30.3 Å². The average Bonchev–Trinajstić information content (AvgIpc) is 3.58. The number of benzene rings is 1. The second kappa shape index (κ2) is 11.5. The quantitative estimate of drug-likeness (QED) is 0.398. The zero-order valence-electron chi connectivity index (χ0n) is 22.3. The number of fused-ring (bicyclic) bond motifs is 1. The van der Waals surface area contributed by atoms with E-state index in [9.17, 15) is 13.6 Å². The minimum atomic E-state index is -2.73. The van der Waals surface area contributed by atoms with Crippen LogP contribution in [-0.2, 0) is 16.0 Å². The van der Waals surface area contributed by atoms with E-state index in [4.69, 9.17) is 14.7 Å². The van der Waals surface area contributed by atoms with E-state index >= 15 is 0 Å². The Hall–Kier alpha value is -3.14. The summed E-state index contributed by atoms with van der Waals surface area (Å²) in [5.41, 5.74) is 1.13. The van der Waals surface area contributed by atoms with Crippen molar-refractivity contribution in [2.45, 2.75) is 70.3 Å². The summed E-state index contributed by atoms with van der Waals surface area (Å²) in [7, 11) is 0. The Morgan fingerprint density at radius 1 is 0.974 bits per heavy atom. The van der Waals surface area contributed by atoms with Gasteiger partial charge >= 0.3 is 0 Å². The highest BCUT2D eigenvalue weighted by Gasteiger charge is 2.31. The highest BCUT2D eigenvalue weighted by atomic mass is 19.3. The maximum absolute atomic E-state index is 14.1. The fraction of sp³-hybridized carbons (Fsp3) is 0.586. The number of morpholine rings is 1. The predicted molar refractivity (Wildman–Crippen MR) is 144 cm³/mol. The van der Waals surface area contributed by atoms with E-state index in [2.05, 4.69) is 14.8 Å². The first-order valence-corrected chi connectivity index (χ1v) is 14.3. The lowest BCUT2D eigenvalue weighted by molar-refractivity contribution is -0.130. The van der Waals surface area contributed by atoms with E-state index in [-0.39, 0.29) is 5.82 Å². The zero-order chi connectivity index (χ0) is 26.8. The van der Waals surface area contributed by atoms with Gasteiger partial charge in [-0.3, -0.25) is 9.36 Å². The first kappa shape index (κ1) is 26.1. The molecule has 3 fully saturated rings. The number of ether oxygens (including phenoxy) is 1. The van der Waals surface area contributed by atoms with Gasteiger partial charge in [0.2, 0.25) is 5.91 Å². The van der Waals surface area contributed by atoms with Gasteiger partial charge in [-0.15, -0.1) is 0 Å². The highest BCUT2D eigenvalue weighted by molar-refractivity contribution is 5.79. The number of aryl methyl sites for hydroxylation is 1. The number of carbonyl (C=O) groups excluding carboxylic acids is 1. The Labute approximate surface area is 227 Å².